The molecule has 0 radical (unpaired) electrons. The maximum Gasteiger partial charge on any atom is 0.129 e. The van der Waals surface area contributed by atoms with E-state index in [0.717, 1.165) is 21.7 Å². The Labute approximate surface area is 124 Å². The number of alkyl halides is 1. The third kappa shape index (κ3) is 3.54. The summed E-state index contributed by atoms with van der Waals surface area (Å²) < 4.78 is 27.3. The summed E-state index contributed by atoms with van der Waals surface area (Å²) in [5, 5.41) is -0.366. The summed E-state index contributed by atoms with van der Waals surface area (Å²) in [6, 6.07) is 9.40. The maximum atomic E-state index is 13.6. The second kappa shape index (κ2) is 6.02. The summed E-state index contributed by atoms with van der Waals surface area (Å²) in [6.45, 7) is 1.97. The van der Waals surface area contributed by atoms with Crippen LogP contribution in [-0.2, 0) is 6.42 Å². The number of hydrogen-bond acceptors (Lipinski definition) is 0. The fourth-order valence-corrected chi connectivity index (χ4v) is 2.90. The third-order valence-electron chi connectivity index (χ3n) is 2.90. The summed E-state index contributed by atoms with van der Waals surface area (Å²) in [5.41, 5.74) is 2.41. The molecule has 0 aliphatic rings. The molecular weight excluding hydrogens is 334 g/mol. The summed E-state index contributed by atoms with van der Waals surface area (Å²) in [4.78, 5) is 0. The van der Waals surface area contributed by atoms with Gasteiger partial charge in [-0.3, -0.25) is 0 Å². The molecule has 0 N–H and O–H groups in total. The molecule has 4 heteroatoms. The van der Waals surface area contributed by atoms with Gasteiger partial charge in [-0.2, -0.15) is 0 Å². The van der Waals surface area contributed by atoms with Crippen LogP contribution >= 0.6 is 27.5 Å². The highest BCUT2D eigenvalue weighted by atomic mass is 79.9. The number of rotatable bonds is 3. The van der Waals surface area contributed by atoms with Crippen molar-refractivity contribution in [2.24, 2.45) is 0 Å². The van der Waals surface area contributed by atoms with E-state index < -0.39 is 11.6 Å². The molecule has 0 heterocycles. The predicted octanol–water partition coefficient (Wildman–Crippen LogP) is 5.56. The van der Waals surface area contributed by atoms with Crippen molar-refractivity contribution in [3.8, 4) is 0 Å². The number of benzene rings is 2. The van der Waals surface area contributed by atoms with Crippen molar-refractivity contribution in [1.82, 2.24) is 0 Å². The zero-order valence-corrected chi connectivity index (χ0v) is 12.6. The summed E-state index contributed by atoms with van der Waals surface area (Å²) in [7, 11) is 0. The monoisotopic (exact) mass is 344 g/mol. The van der Waals surface area contributed by atoms with Gasteiger partial charge >= 0.3 is 0 Å². The van der Waals surface area contributed by atoms with Gasteiger partial charge in [0.15, 0.2) is 0 Å². The highest BCUT2D eigenvalue weighted by Crippen LogP contribution is 2.32. The number of hydrogen-bond donors (Lipinski definition) is 0. The minimum absolute atomic E-state index is 0.315. The molecule has 0 aromatic heterocycles. The zero-order valence-electron chi connectivity index (χ0n) is 10.3. The molecule has 0 amide bonds. The second-order valence-corrected chi connectivity index (χ2v) is 5.81. The van der Waals surface area contributed by atoms with Crippen LogP contribution in [0.15, 0.2) is 40.9 Å². The van der Waals surface area contributed by atoms with E-state index in [2.05, 4.69) is 15.9 Å². The topological polar surface area (TPSA) is 0 Å². The van der Waals surface area contributed by atoms with Gasteiger partial charge in [0.05, 0.1) is 5.38 Å². The normalized spacial score (nSPS) is 12.5. The minimum atomic E-state index is -0.580. The summed E-state index contributed by atoms with van der Waals surface area (Å²) in [6.07, 6.45) is 0.315. The first kappa shape index (κ1) is 14.5. The maximum absolute atomic E-state index is 13.6. The van der Waals surface area contributed by atoms with Crippen LogP contribution in [0.3, 0.4) is 0 Å². The Morgan fingerprint density at radius 3 is 2.58 bits per heavy atom. The number of aryl methyl sites for hydroxylation is 1. The van der Waals surface area contributed by atoms with E-state index in [1.54, 1.807) is 0 Å². The minimum Gasteiger partial charge on any atom is -0.207 e. The van der Waals surface area contributed by atoms with Gasteiger partial charge in [-0.05, 0) is 36.6 Å². The van der Waals surface area contributed by atoms with Gasteiger partial charge in [0.1, 0.15) is 11.6 Å². The van der Waals surface area contributed by atoms with Crippen LogP contribution in [0.25, 0.3) is 0 Å². The fourth-order valence-electron chi connectivity index (χ4n) is 1.89. The van der Waals surface area contributed by atoms with Crippen molar-refractivity contribution in [3.63, 3.8) is 0 Å². The van der Waals surface area contributed by atoms with Crippen LogP contribution in [0.5, 0.6) is 0 Å². The lowest BCUT2D eigenvalue weighted by Crippen LogP contribution is -2.00. The first-order chi connectivity index (χ1) is 8.97. The Bertz CT molecular complexity index is 599. The van der Waals surface area contributed by atoms with Crippen LogP contribution in [0.1, 0.15) is 22.1 Å². The van der Waals surface area contributed by atoms with Gasteiger partial charge in [0, 0.05) is 10.5 Å². The van der Waals surface area contributed by atoms with E-state index in [1.165, 1.54) is 12.1 Å². The Kier molecular flexibility index (Phi) is 4.58. The van der Waals surface area contributed by atoms with Gasteiger partial charge in [-0.1, -0.05) is 39.7 Å². The fraction of sp³-hybridized carbons (Fsp3) is 0.200. The molecule has 0 spiro atoms. The highest BCUT2D eigenvalue weighted by molar-refractivity contribution is 9.10. The third-order valence-corrected chi connectivity index (χ3v) is 4.01. The van der Waals surface area contributed by atoms with E-state index in [0.29, 0.717) is 12.0 Å². The second-order valence-electron chi connectivity index (χ2n) is 4.43. The van der Waals surface area contributed by atoms with Gasteiger partial charge < -0.3 is 0 Å². The molecular formula is C15H12BrClF2. The molecule has 0 aliphatic carbocycles. The van der Waals surface area contributed by atoms with E-state index in [9.17, 15) is 8.78 Å². The van der Waals surface area contributed by atoms with Gasteiger partial charge in [-0.15, -0.1) is 11.6 Å². The van der Waals surface area contributed by atoms with E-state index in [-0.39, 0.29) is 5.38 Å². The van der Waals surface area contributed by atoms with E-state index >= 15 is 0 Å². The smallest absolute Gasteiger partial charge is 0.129 e. The summed E-state index contributed by atoms with van der Waals surface area (Å²) in [5.74, 6) is -1.14. The molecule has 2 aromatic rings. The van der Waals surface area contributed by atoms with Crippen molar-refractivity contribution in [3.05, 3.63) is 69.2 Å². The first-order valence-corrected chi connectivity index (χ1v) is 7.04. The zero-order chi connectivity index (χ0) is 14.0. The molecule has 0 aliphatic heterocycles. The van der Waals surface area contributed by atoms with Crippen molar-refractivity contribution in [1.29, 1.82) is 0 Å². The molecule has 1 atom stereocenters. The van der Waals surface area contributed by atoms with Crippen molar-refractivity contribution in [2.75, 3.05) is 0 Å². The largest absolute Gasteiger partial charge is 0.207 e. The SMILES string of the molecule is Cc1ccc(Br)c(C(Cl)Cc2ccc(F)cc2F)c1. The lowest BCUT2D eigenvalue weighted by atomic mass is 10.0. The van der Waals surface area contributed by atoms with Crippen molar-refractivity contribution >= 4 is 27.5 Å². The van der Waals surface area contributed by atoms with Crippen LogP contribution in [0, 0.1) is 18.6 Å². The average Bonchev–Trinajstić information content (AvgIpc) is 2.35. The molecule has 1 unspecified atom stereocenters. The quantitative estimate of drug-likeness (QED) is 0.639. The average molecular weight is 346 g/mol. The van der Waals surface area contributed by atoms with Gasteiger partial charge in [0.25, 0.3) is 0 Å². The van der Waals surface area contributed by atoms with Gasteiger partial charge in [0.2, 0.25) is 0 Å². The van der Waals surface area contributed by atoms with E-state index in [4.69, 9.17) is 11.6 Å². The Morgan fingerprint density at radius 1 is 1.16 bits per heavy atom. The van der Waals surface area contributed by atoms with Crippen LogP contribution in [0.2, 0.25) is 0 Å². The molecule has 2 rings (SSSR count). The lowest BCUT2D eigenvalue weighted by molar-refractivity contribution is 0.570. The first-order valence-electron chi connectivity index (χ1n) is 5.81. The Morgan fingerprint density at radius 2 is 1.89 bits per heavy atom. The molecule has 0 saturated carbocycles. The molecule has 19 heavy (non-hydrogen) atoms. The van der Waals surface area contributed by atoms with Crippen LogP contribution < -0.4 is 0 Å². The molecule has 2 aromatic carbocycles. The number of halogens is 4. The van der Waals surface area contributed by atoms with Crippen LogP contribution in [-0.4, -0.2) is 0 Å². The highest BCUT2D eigenvalue weighted by Gasteiger charge is 2.15. The Hall–Kier alpha value is -0.930. The molecule has 0 fully saturated rings. The van der Waals surface area contributed by atoms with Crippen LogP contribution in [0.4, 0.5) is 8.78 Å². The molecule has 0 nitrogen and oxygen atoms in total. The van der Waals surface area contributed by atoms with Crippen molar-refractivity contribution in [2.45, 2.75) is 18.7 Å². The van der Waals surface area contributed by atoms with Crippen molar-refractivity contribution < 1.29 is 8.78 Å². The lowest BCUT2D eigenvalue weighted by Gasteiger charge is -2.13. The molecule has 100 valence electrons. The molecule has 0 saturated heterocycles. The van der Waals surface area contributed by atoms with E-state index in [1.807, 2.05) is 25.1 Å². The Balaban J connectivity index is 2.25. The van der Waals surface area contributed by atoms with Gasteiger partial charge in [-0.25, -0.2) is 8.78 Å². The standard InChI is InChI=1S/C15H12BrClF2/c1-9-2-5-13(16)12(6-9)14(17)7-10-3-4-11(18)8-15(10)19/h2-6,8,14H,7H2,1H3. The summed E-state index contributed by atoms with van der Waals surface area (Å²) >= 11 is 9.78. The predicted molar refractivity (Wildman–Crippen MR) is 77.5 cm³/mol. The molecule has 0 bridgehead atoms.